The Morgan fingerprint density at radius 3 is 2.58 bits per heavy atom. The SMILES string of the molecule is Cc1cc(C)n(Cc2c(C(=O)Nc3ccccc3Oc3ccc(F)cc3)noc2C)n1. The third-order valence-electron chi connectivity index (χ3n) is 4.79. The molecule has 0 aliphatic heterocycles. The molecule has 0 spiro atoms. The summed E-state index contributed by atoms with van der Waals surface area (Å²) in [5.41, 5.74) is 3.16. The van der Waals surface area contributed by atoms with E-state index in [4.69, 9.17) is 9.26 Å². The number of aromatic nitrogens is 3. The van der Waals surface area contributed by atoms with Gasteiger partial charge in [-0.3, -0.25) is 9.48 Å². The largest absolute Gasteiger partial charge is 0.455 e. The Labute approximate surface area is 178 Å². The number of amides is 1. The number of aryl methyl sites for hydroxylation is 3. The van der Waals surface area contributed by atoms with Gasteiger partial charge in [0.1, 0.15) is 17.3 Å². The molecule has 4 aromatic rings. The van der Waals surface area contributed by atoms with E-state index in [1.54, 1.807) is 35.9 Å². The van der Waals surface area contributed by atoms with E-state index in [-0.39, 0.29) is 11.5 Å². The van der Waals surface area contributed by atoms with E-state index in [9.17, 15) is 9.18 Å². The lowest BCUT2D eigenvalue weighted by atomic mass is 10.1. The lowest BCUT2D eigenvalue weighted by Crippen LogP contribution is -2.17. The summed E-state index contributed by atoms with van der Waals surface area (Å²) in [7, 11) is 0. The molecule has 4 rings (SSSR count). The van der Waals surface area contributed by atoms with Crippen LogP contribution in [0.5, 0.6) is 11.5 Å². The molecule has 0 aliphatic rings. The molecule has 0 atom stereocenters. The van der Waals surface area contributed by atoms with Crippen LogP contribution in [0, 0.1) is 26.6 Å². The average molecular weight is 420 g/mol. The number of carbonyl (C=O) groups is 1. The number of nitrogens with one attached hydrogen (secondary N) is 1. The minimum absolute atomic E-state index is 0.182. The maximum atomic E-state index is 13.2. The van der Waals surface area contributed by atoms with Gasteiger partial charge in [0.2, 0.25) is 0 Å². The van der Waals surface area contributed by atoms with E-state index in [1.165, 1.54) is 24.3 Å². The summed E-state index contributed by atoms with van der Waals surface area (Å²) in [6, 6.07) is 14.6. The van der Waals surface area contributed by atoms with Gasteiger partial charge in [-0.1, -0.05) is 17.3 Å². The maximum absolute atomic E-state index is 13.2. The minimum atomic E-state index is -0.427. The van der Waals surface area contributed by atoms with E-state index >= 15 is 0 Å². The fourth-order valence-electron chi connectivity index (χ4n) is 3.21. The molecule has 8 heteroatoms. The van der Waals surface area contributed by atoms with Gasteiger partial charge in [0.15, 0.2) is 11.4 Å². The number of benzene rings is 2. The van der Waals surface area contributed by atoms with Crippen molar-refractivity contribution in [2.24, 2.45) is 0 Å². The number of anilines is 1. The van der Waals surface area contributed by atoms with Crippen molar-refractivity contribution in [2.45, 2.75) is 27.3 Å². The molecule has 158 valence electrons. The Morgan fingerprint density at radius 2 is 1.87 bits per heavy atom. The van der Waals surface area contributed by atoms with E-state index in [0.29, 0.717) is 35.1 Å². The average Bonchev–Trinajstić information content (AvgIpc) is 3.26. The Morgan fingerprint density at radius 1 is 1.13 bits per heavy atom. The number of rotatable bonds is 6. The van der Waals surface area contributed by atoms with Gasteiger partial charge >= 0.3 is 0 Å². The third kappa shape index (κ3) is 4.48. The summed E-state index contributed by atoms with van der Waals surface area (Å²) in [4.78, 5) is 13.0. The fraction of sp³-hybridized carbons (Fsp3) is 0.174. The van der Waals surface area contributed by atoms with Crippen LogP contribution >= 0.6 is 0 Å². The Kier molecular flexibility index (Phi) is 5.53. The molecular weight excluding hydrogens is 399 g/mol. The van der Waals surface area contributed by atoms with Crippen LogP contribution in [-0.4, -0.2) is 20.8 Å². The molecule has 7 nitrogen and oxygen atoms in total. The second-order valence-electron chi connectivity index (χ2n) is 7.16. The van der Waals surface area contributed by atoms with E-state index in [0.717, 1.165) is 11.4 Å². The number of carbonyl (C=O) groups excluding carboxylic acids is 1. The highest BCUT2D eigenvalue weighted by Gasteiger charge is 2.22. The molecule has 0 saturated heterocycles. The zero-order valence-electron chi connectivity index (χ0n) is 17.3. The van der Waals surface area contributed by atoms with E-state index < -0.39 is 5.91 Å². The van der Waals surface area contributed by atoms with Crippen LogP contribution in [0.4, 0.5) is 10.1 Å². The lowest BCUT2D eigenvalue weighted by Gasteiger charge is -2.12. The minimum Gasteiger partial charge on any atom is -0.455 e. The first-order valence-corrected chi connectivity index (χ1v) is 9.70. The van der Waals surface area contributed by atoms with Crippen molar-refractivity contribution in [3.63, 3.8) is 0 Å². The Balaban J connectivity index is 1.57. The van der Waals surface area contributed by atoms with Crippen molar-refractivity contribution in [3.05, 3.63) is 88.8 Å². The van der Waals surface area contributed by atoms with Crippen LogP contribution in [0.2, 0.25) is 0 Å². The normalized spacial score (nSPS) is 10.8. The monoisotopic (exact) mass is 420 g/mol. The lowest BCUT2D eigenvalue weighted by molar-refractivity contribution is 0.101. The molecule has 2 aromatic heterocycles. The summed E-state index contributed by atoms with van der Waals surface area (Å²) in [5.74, 6) is 0.635. The molecule has 0 fully saturated rings. The number of hydrogen-bond acceptors (Lipinski definition) is 5. The molecule has 1 N–H and O–H groups in total. The number of nitrogens with zero attached hydrogens (tertiary/aromatic N) is 3. The Bertz CT molecular complexity index is 1230. The summed E-state index contributed by atoms with van der Waals surface area (Å²) in [6.45, 7) is 5.99. The molecule has 1 amide bonds. The highest BCUT2D eigenvalue weighted by molar-refractivity contribution is 6.04. The quantitative estimate of drug-likeness (QED) is 0.473. The predicted molar refractivity (Wildman–Crippen MR) is 113 cm³/mol. The van der Waals surface area contributed by atoms with Crippen LogP contribution < -0.4 is 10.1 Å². The summed E-state index contributed by atoms with van der Waals surface area (Å²) in [5, 5.41) is 11.2. The summed E-state index contributed by atoms with van der Waals surface area (Å²) >= 11 is 0. The van der Waals surface area contributed by atoms with Gasteiger partial charge in [0.05, 0.1) is 17.9 Å². The van der Waals surface area contributed by atoms with Gasteiger partial charge < -0.3 is 14.6 Å². The Hall–Kier alpha value is -3.94. The molecule has 0 unspecified atom stereocenters. The second kappa shape index (κ2) is 8.43. The first-order chi connectivity index (χ1) is 14.9. The standard InChI is InChI=1S/C23H21FN4O3/c1-14-12-15(2)28(26-14)13-19-16(3)31-27-22(19)23(29)25-20-6-4-5-7-21(20)30-18-10-8-17(24)9-11-18/h4-12H,13H2,1-3H3,(H,25,29). The molecule has 0 radical (unpaired) electrons. The molecule has 31 heavy (non-hydrogen) atoms. The van der Waals surface area contributed by atoms with Crippen molar-refractivity contribution in [2.75, 3.05) is 5.32 Å². The molecular formula is C23H21FN4O3. The number of hydrogen-bond donors (Lipinski definition) is 1. The molecule has 0 bridgehead atoms. The van der Waals surface area contributed by atoms with Crippen molar-refractivity contribution < 1.29 is 18.4 Å². The second-order valence-corrected chi connectivity index (χ2v) is 7.16. The van der Waals surface area contributed by atoms with Gasteiger partial charge in [-0.15, -0.1) is 0 Å². The van der Waals surface area contributed by atoms with E-state index in [1.807, 2.05) is 19.9 Å². The van der Waals surface area contributed by atoms with Crippen LogP contribution in [0.1, 0.15) is 33.2 Å². The van der Waals surface area contributed by atoms with Crippen molar-refractivity contribution >= 4 is 11.6 Å². The van der Waals surface area contributed by atoms with Crippen molar-refractivity contribution in [1.82, 2.24) is 14.9 Å². The molecule has 2 aromatic carbocycles. The van der Waals surface area contributed by atoms with Gasteiger partial charge in [-0.2, -0.15) is 5.10 Å². The van der Waals surface area contributed by atoms with Gasteiger partial charge in [-0.25, -0.2) is 4.39 Å². The predicted octanol–water partition coefficient (Wildman–Crippen LogP) is 5.03. The number of halogens is 1. The van der Waals surface area contributed by atoms with Crippen molar-refractivity contribution in [3.8, 4) is 11.5 Å². The fourth-order valence-corrected chi connectivity index (χ4v) is 3.21. The zero-order chi connectivity index (χ0) is 22.0. The van der Waals surface area contributed by atoms with Crippen LogP contribution in [0.15, 0.2) is 59.1 Å². The van der Waals surface area contributed by atoms with E-state index in [2.05, 4.69) is 15.6 Å². The summed E-state index contributed by atoms with van der Waals surface area (Å²) in [6.07, 6.45) is 0. The number of para-hydroxylation sites is 2. The van der Waals surface area contributed by atoms with Crippen molar-refractivity contribution in [1.29, 1.82) is 0 Å². The number of ether oxygens (including phenoxy) is 1. The summed E-state index contributed by atoms with van der Waals surface area (Å²) < 4.78 is 26.1. The van der Waals surface area contributed by atoms with Gasteiger partial charge in [0.25, 0.3) is 5.91 Å². The smallest absolute Gasteiger partial charge is 0.278 e. The molecule has 0 saturated carbocycles. The highest BCUT2D eigenvalue weighted by Crippen LogP contribution is 2.30. The highest BCUT2D eigenvalue weighted by atomic mass is 19.1. The topological polar surface area (TPSA) is 82.2 Å². The van der Waals surface area contributed by atoms with Crippen LogP contribution in [-0.2, 0) is 6.54 Å². The molecule has 2 heterocycles. The van der Waals surface area contributed by atoms with Gasteiger partial charge in [0, 0.05) is 11.3 Å². The maximum Gasteiger partial charge on any atom is 0.278 e. The third-order valence-corrected chi connectivity index (χ3v) is 4.79. The zero-order valence-corrected chi connectivity index (χ0v) is 17.3. The van der Waals surface area contributed by atoms with Crippen LogP contribution in [0.25, 0.3) is 0 Å². The van der Waals surface area contributed by atoms with Crippen LogP contribution in [0.3, 0.4) is 0 Å². The first-order valence-electron chi connectivity index (χ1n) is 9.70. The van der Waals surface area contributed by atoms with Gasteiger partial charge in [-0.05, 0) is 63.2 Å². The molecule has 0 aliphatic carbocycles. The first kappa shape index (κ1) is 20.3.